The first-order valence-electron chi connectivity index (χ1n) is 9.74. The van der Waals surface area contributed by atoms with Crippen LogP contribution in [0.4, 0.5) is 8.78 Å². The van der Waals surface area contributed by atoms with Gasteiger partial charge in [0.1, 0.15) is 11.5 Å². The zero-order valence-corrected chi connectivity index (χ0v) is 17.1. The van der Waals surface area contributed by atoms with Gasteiger partial charge in [0, 0.05) is 24.6 Å². The van der Waals surface area contributed by atoms with E-state index < -0.39 is 12.3 Å². The summed E-state index contributed by atoms with van der Waals surface area (Å²) in [7, 11) is 0. The predicted octanol–water partition coefficient (Wildman–Crippen LogP) is 4.85. The molecule has 4 rings (SSSR count). The van der Waals surface area contributed by atoms with Crippen LogP contribution in [0.1, 0.15) is 47.8 Å². The Morgan fingerprint density at radius 1 is 1.10 bits per heavy atom. The maximum absolute atomic E-state index is 12.8. The second-order valence-electron chi connectivity index (χ2n) is 7.28. The van der Waals surface area contributed by atoms with Gasteiger partial charge in [-0.05, 0) is 29.2 Å². The third-order valence-corrected chi connectivity index (χ3v) is 5.64. The molecule has 2 aromatic carbocycles. The van der Waals surface area contributed by atoms with Gasteiger partial charge >= 0.3 is 0 Å². The number of rotatable bonds is 5. The van der Waals surface area contributed by atoms with Crippen molar-refractivity contribution in [2.75, 3.05) is 0 Å². The van der Waals surface area contributed by atoms with E-state index in [9.17, 15) is 18.4 Å². The van der Waals surface area contributed by atoms with Crippen molar-refractivity contribution >= 4 is 23.4 Å². The highest BCUT2D eigenvalue weighted by molar-refractivity contribution is 6.34. The third kappa shape index (κ3) is 4.61. The second-order valence-corrected chi connectivity index (χ2v) is 7.66. The summed E-state index contributed by atoms with van der Waals surface area (Å²) in [5.74, 6) is -0.754. The maximum Gasteiger partial charge on any atom is 0.280 e. The van der Waals surface area contributed by atoms with Crippen LogP contribution in [-0.2, 0) is 16.0 Å². The summed E-state index contributed by atoms with van der Waals surface area (Å²) in [5, 5.41) is 2.83. The van der Waals surface area contributed by atoms with E-state index in [2.05, 4.69) is 15.3 Å². The van der Waals surface area contributed by atoms with Gasteiger partial charge in [-0.2, -0.15) is 0 Å². The van der Waals surface area contributed by atoms with Crippen molar-refractivity contribution < 1.29 is 18.4 Å². The molecule has 1 aromatic heterocycles. The van der Waals surface area contributed by atoms with E-state index in [-0.39, 0.29) is 23.9 Å². The van der Waals surface area contributed by atoms with E-state index in [1.54, 1.807) is 6.07 Å². The first-order chi connectivity index (χ1) is 14.9. The molecule has 3 aromatic rings. The third-order valence-electron chi connectivity index (χ3n) is 5.22. The predicted molar refractivity (Wildman–Crippen MR) is 112 cm³/mol. The van der Waals surface area contributed by atoms with E-state index >= 15 is 0 Å². The first-order valence-corrected chi connectivity index (χ1v) is 10.1. The molecule has 0 radical (unpaired) electrons. The normalized spacial score (nSPS) is 16.5. The molecule has 2 amide bonds. The number of nitrogens with one attached hydrogen (secondary N) is 1. The fourth-order valence-corrected chi connectivity index (χ4v) is 4.01. The number of piperidine rings is 1. The van der Waals surface area contributed by atoms with Gasteiger partial charge in [0.15, 0.2) is 0 Å². The van der Waals surface area contributed by atoms with Crippen molar-refractivity contribution in [2.45, 2.75) is 31.6 Å². The van der Waals surface area contributed by atoms with E-state index in [1.807, 2.05) is 36.4 Å². The molecule has 1 fully saturated rings. The number of carbonyl (C=O) groups excluding carboxylic acids is 2. The smallest absolute Gasteiger partial charge is 0.280 e. The summed E-state index contributed by atoms with van der Waals surface area (Å²) in [6.07, 6.45) is -0.281. The highest BCUT2D eigenvalue weighted by Crippen LogP contribution is 2.37. The van der Waals surface area contributed by atoms with Crippen molar-refractivity contribution in [1.29, 1.82) is 0 Å². The van der Waals surface area contributed by atoms with Crippen LogP contribution >= 0.6 is 11.6 Å². The molecule has 8 heteroatoms. The first kappa shape index (κ1) is 21.1. The zero-order valence-electron chi connectivity index (χ0n) is 16.3. The van der Waals surface area contributed by atoms with Crippen LogP contribution in [0.15, 0.2) is 54.7 Å². The summed E-state index contributed by atoms with van der Waals surface area (Å²) in [6, 6.07) is 14.2. The Bertz CT molecular complexity index is 1140. The molecule has 1 aliphatic rings. The van der Waals surface area contributed by atoms with Crippen LogP contribution in [0, 0.1) is 0 Å². The van der Waals surface area contributed by atoms with Gasteiger partial charge in [0.05, 0.1) is 10.9 Å². The average molecular weight is 442 g/mol. The summed E-state index contributed by atoms with van der Waals surface area (Å²) in [6.45, 7) is 0. The van der Waals surface area contributed by atoms with Crippen LogP contribution in [0.25, 0.3) is 11.1 Å². The number of alkyl halides is 2. The van der Waals surface area contributed by atoms with Crippen LogP contribution in [0.2, 0.25) is 5.02 Å². The number of hydrogen-bond acceptors (Lipinski definition) is 4. The molecule has 0 aliphatic carbocycles. The molecule has 2 heterocycles. The molecule has 1 saturated heterocycles. The largest absolute Gasteiger partial charge is 0.296 e. The Hall–Kier alpha value is -3.19. The van der Waals surface area contributed by atoms with Gasteiger partial charge in [-0.3, -0.25) is 14.9 Å². The molecular formula is C23H18ClF2N3O2. The van der Waals surface area contributed by atoms with Crippen LogP contribution in [0.3, 0.4) is 0 Å². The lowest BCUT2D eigenvalue weighted by Crippen LogP contribution is -2.39. The molecular weight excluding hydrogens is 424 g/mol. The van der Waals surface area contributed by atoms with Crippen molar-refractivity contribution in [3.63, 3.8) is 0 Å². The molecule has 1 atom stereocenters. The lowest BCUT2D eigenvalue weighted by atomic mass is 9.88. The molecule has 5 nitrogen and oxygen atoms in total. The Labute approximate surface area is 182 Å². The Balaban J connectivity index is 1.56. The number of amides is 2. The molecule has 1 aliphatic heterocycles. The highest BCUT2D eigenvalue weighted by Gasteiger charge is 2.30. The molecule has 0 spiro atoms. The van der Waals surface area contributed by atoms with Crippen LogP contribution < -0.4 is 5.32 Å². The fourth-order valence-electron chi connectivity index (χ4n) is 3.64. The maximum atomic E-state index is 12.8. The minimum Gasteiger partial charge on any atom is -0.296 e. The lowest BCUT2D eigenvalue weighted by molar-refractivity contribution is -0.134. The summed E-state index contributed by atoms with van der Waals surface area (Å²) in [5.41, 5.74) is 2.88. The van der Waals surface area contributed by atoms with E-state index in [4.69, 9.17) is 11.6 Å². The standard InChI is InChI=1S/C23H18ClF2N3O2/c24-21-15(2-1-3-16(21)17-8-9-20(30)29-23(17)31)14-6-4-13(5-7-14)12-19-27-11-10-18(28-19)22(25)26/h1-7,10-11,17,22H,8-9,12H2,(H,29,30,31). The summed E-state index contributed by atoms with van der Waals surface area (Å²) >= 11 is 6.64. The summed E-state index contributed by atoms with van der Waals surface area (Å²) in [4.78, 5) is 31.6. The van der Waals surface area contributed by atoms with Crippen LogP contribution in [0.5, 0.6) is 0 Å². The highest BCUT2D eigenvalue weighted by atomic mass is 35.5. The lowest BCUT2D eigenvalue weighted by Gasteiger charge is -2.23. The number of carbonyl (C=O) groups is 2. The van der Waals surface area contributed by atoms with Crippen molar-refractivity contribution in [2.24, 2.45) is 0 Å². The number of halogens is 3. The molecule has 158 valence electrons. The molecule has 1 unspecified atom stereocenters. The summed E-state index contributed by atoms with van der Waals surface area (Å²) < 4.78 is 25.7. The van der Waals surface area contributed by atoms with E-state index in [1.165, 1.54) is 12.3 Å². The Kier molecular flexibility index (Phi) is 6.04. The molecule has 0 bridgehead atoms. The molecule has 0 saturated carbocycles. The second kappa shape index (κ2) is 8.89. The molecule has 31 heavy (non-hydrogen) atoms. The average Bonchev–Trinajstić information content (AvgIpc) is 2.75. The molecule has 1 N–H and O–H groups in total. The number of aromatic nitrogens is 2. The van der Waals surface area contributed by atoms with Crippen molar-refractivity contribution in [3.8, 4) is 11.1 Å². The fraction of sp³-hybridized carbons (Fsp3) is 0.217. The van der Waals surface area contributed by atoms with Gasteiger partial charge in [0.25, 0.3) is 6.43 Å². The quantitative estimate of drug-likeness (QED) is 0.575. The van der Waals surface area contributed by atoms with E-state index in [0.29, 0.717) is 29.3 Å². The van der Waals surface area contributed by atoms with Gasteiger partial charge in [-0.1, -0.05) is 54.1 Å². The van der Waals surface area contributed by atoms with Crippen LogP contribution in [-0.4, -0.2) is 21.8 Å². The van der Waals surface area contributed by atoms with Crippen molar-refractivity contribution in [3.05, 3.63) is 82.4 Å². The number of benzene rings is 2. The van der Waals surface area contributed by atoms with Gasteiger partial charge < -0.3 is 0 Å². The van der Waals surface area contributed by atoms with Gasteiger partial charge in [-0.25, -0.2) is 18.7 Å². The van der Waals surface area contributed by atoms with E-state index in [0.717, 1.165) is 16.7 Å². The number of nitrogens with zero attached hydrogens (tertiary/aromatic N) is 2. The van der Waals surface area contributed by atoms with Gasteiger partial charge in [0.2, 0.25) is 11.8 Å². The Morgan fingerprint density at radius 3 is 2.58 bits per heavy atom. The minimum atomic E-state index is -2.64. The number of imide groups is 1. The SMILES string of the molecule is O=C1CCC(c2cccc(-c3ccc(Cc4nccc(C(F)F)n4)cc3)c2Cl)C(=O)N1. The van der Waals surface area contributed by atoms with Crippen molar-refractivity contribution in [1.82, 2.24) is 15.3 Å². The zero-order chi connectivity index (χ0) is 22.0. The Morgan fingerprint density at radius 2 is 1.87 bits per heavy atom. The number of hydrogen-bond donors (Lipinski definition) is 1. The van der Waals surface area contributed by atoms with Gasteiger partial charge in [-0.15, -0.1) is 0 Å². The topological polar surface area (TPSA) is 72.0 Å². The minimum absolute atomic E-state index is 0.271. The monoisotopic (exact) mass is 441 g/mol.